The van der Waals surface area contributed by atoms with Crippen LogP contribution in [-0.2, 0) is 0 Å². The lowest BCUT2D eigenvalue weighted by atomic mass is 9.85. The average molecular weight is 380 g/mol. The first kappa shape index (κ1) is 19.4. The first-order valence-electron chi connectivity index (χ1n) is 9.14. The van der Waals surface area contributed by atoms with Crippen LogP contribution in [0, 0.1) is 5.92 Å². The minimum absolute atomic E-state index is 0.00969. The maximum Gasteiger partial charge on any atom is 0.391 e. The summed E-state index contributed by atoms with van der Waals surface area (Å²) in [4.78, 5) is 17.0. The van der Waals surface area contributed by atoms with E-state index in [9.17, 15) is 18.0 Å². The molecule has 0 spiro atoms. The fraction of sp³-hybridized carbons (Fsp3) is 0.526. The molecule has 1 saturated carbocycles. The van der Waals surface area contributed by atoms with Crippen LogP contribution in [0.5, 0.6) is 0 Å². The number of nitrogens with one attached hydrogen (secondary N) is 1. The molecule has 0 bridgehead atoms. The van der Waals surface area contributed by atoms with Crippen molar-refractivity contribution in [2.45, 2.75) is 57.7 Å². The Morgan fingerprint density at radius 2 is 2.07 bits per heavy atom. The van der Waals surface area contributed by atoms with Crippen LogP contribution in [0.25, 0.3) is 5.82 Å². The van der Waals surface area contributed by atoms with Crippen molar-refractivity contribution in [1.29, 1.82) is 0 Å². The van der Waals surface area contributed by atoms with E-state index in [1.54, 1.807) is 23.0 Å². The molecule has 0 radical (unpaired) electrons. The quantitative estimate of drug-likeness (QED) is 0.863. The van der Waals surface area contributed by atoms with E-state index in [4.69, 9.17) is 0 Å². The monoisotopic (exact) mass is 380 g/mol. The van der Waals surface area contributed by atoms with E-state index in [0.29, 0.717) is 29.9 Å². The van der Waals surface area contributed by atoms with Crippen molar-refractivity contribution >= 4 is 5.91 Å². The summed E-state index contributed by atoms with van der Waals surface area (Å²) in [6, 6.07) is 4.93. The number of aromatic nitrogens is 3. The van der Waals surface area contributed by atoms with E-state index in [0.717, 1.165) is 0 Å². The minimum atomic E-state index is -4.21. The van der Waals surface area contributed by atoms with Crippen LogP contribution >= 0.6 is 0 Å². The zero-order valence-corrected chi connectivity index (χ0v) is 15.3. The Morgan fingerprint density at radius 3 is 2.70 bits per heavy atom. The molecule has 2 heterocycles. The second-order valence-corrected chi connectivity index (χ2v) is 7.27. The molecule has 1 aliphatic rings. The van der Waals surface area contributed by atoms with Gasteiger partial charge in [-0.05, 0) is 37.3 Å². The Morgan fingerprint density at radius 1 is 1.30 bits per heavy atom. The van der Waals surface area contributed by atoms with Crippen LogP contribution in [0.3, 0.4) is 0 Å². The number of hydrogen-bond donors (Lipinski definition) is 1. The molecule has 2 aromatic heterocycles. The van der Waals surface area contributed by atoms with Crippen LogP contribution < -0.4 is 5.32 Å². The van der Waals surface area contributed by atoms with Gasteiger partial charge in [0.1, 0.15) is 0 Å². The van der Waals surface area contributed by atoms with E-state index in [2.05, 4.69) is 15.4 Å². The lowest BCUT2D eigenvalue weighted by molar-refractivity contribution is -0.183. The number of hydrogen-bond acceptors (Lipinski definition) is 3. The summed E-state index contributed by atoms with van der Waals surface area (Å²) in [7, 11) is 0. The first-order valence-corrected chi connectivity index (χ1v) is 9.14. The Kier molecular flexibility index (Phi) is 5.53. The zero-order valence-electron chi connectivity index (χ0n) is 15.3. The minimum Gasteiger partial charge on any atom is -0.349 e. The predicted octanol–water partition coefficient (Wildman–Crippen LogP) is 4.24. The molecule has 2 atom stereocenters. The predicted molar refractivity (Wildman–Crippen MR) is 94.7 cm³/mol. The Labute approximate surface area is 156 Å². The maximum absolute atomic E-state index is 13.0. The van der Waals surface area contributed by atoms with E-state index in [1.165, 1.54) is 6.20 Å². The van der Waals surface area contributed by atoms with Gasteiger partial charge in [-0.1, -0.05) is 26.3 Å². The molecule has 0 aromatic carbocycles. The SMILES string of the molecule is CC(C)c1c(C(=O)NC2CCCC(C(F)(F)F)C2)cnn1-c1ccccn1. The molecule has 1 fully saturated rings. The Hall–Kier alpha value is -2.38. The highest BCUT2D eigenvalue weighted by atomic mass is 19.4. The maximum atomic E-state index is 13.0. The first-order chi connectivity index (χ1) is 12.8. The van der Waals surface area contributed by atoms with Crippen molar-refractivity contribution in [2.75, 3.05) is 0 Å². The normalized spacial score (nSPS) is 20.7. The van der Waals surface area contributed by atoms with Crippen molar-refractivity contribution < 1.29 is 18.0 Å². The summed E-state index contributed by atoms with van der Waals surface area (Å²) in [6.45, 7) is 3.88. The van der Waals surface area contributed by atoms with Gasteiger partial charge in [-0.3, -0.25) is 4.79 Å². The van der Waals surface area contributed by atoms with Crippen LogP contribution in [-0.4, -0.2) is 32.9 Å². The molecule has 1 aliphatic carbocycles. The van der Waals surface area contributed by atoms with Crippen LogP contribution in [0.1, 0.15) is 61.5 Å². The van der Waals surface area contributed by atoms with Gasteiger partial charge >= 0.3 is 6.18 Å². The van der Waals surface area contributed by atoms with Crippen molar-refractivity contribution in [2.24, 2.45) is 5.92 Å². The fourth-order valence-corrected chi connectivity index (χ4v) is 3.63. The molecule has 2 aromatic rings. The molecule has 8 heteroatoms. The number of alkyl halides is 3. The summed E-state index contributed by atoms with van der Waals surface area (Å²) in [6.07, 6.45) is -0.0334. The third kappa shape index (κ3) is 4.31. The second kappa shape index (κ2) is 7.70. The summed E-state index contributed by atoms with van der Waals surface area (Å²) < 4.78 is 40.6. The van der Waals surface area contributed by atoms with Gasteiger partial charge in [-0.25, -0.2) is 9.67 Å². The lowest BCUT2D eigenvalue weighted by Gasteiger charge is -2.31. The lowest BCUT2D eigenvalue weighted by Crippen LogP contribution is -2.41. The van der Waals surface area contributed by atoms with Crippen LogP contribution in [0.4, 0.5) is 13.2 Å². The average Bonchev–Trinajstić information content (AvgIpc) is 3.07. The number of nitrogens with zero attached hydrogens (tertiary/aromatic N) is 3. The number of carbonyl (C=O) groups excluding carboxylic acids is 1. The molecular formula is C19H23F3N4O. The smallest absolute Gasteiger partial charge is 0.349 e. The van der Waals surface area contributed by atoms with Crippen LogP contribution in [0.15, 0.2) is 30.6 Å². The number of rotatable bonds is 4. The van der Waals surface area contributed by atoms with Crippen molar-refractivity contribution in [3.8, 4) is 5.82 Å². The van der Waals surface area contributed by atoms with E-state index < -0.39 is 18.1 Å². The fourth-order valence-electron chi connectivity index (χ4n) is 3.63. The van der Waals surface area contributed by atoms with Gasteiger partial charge in [0.25, 0.3) is 5.91 Å². The molecule has 1 amide bonds. The highest BCUT2D eigenvalue weighted by Crippen LogP contribution is 2.37. The largest absolute Gasteiger partial charge is 0.391 e. The van der Waals surface area contributed by atoms with Gasteiger partial charge < -0.3 is 5.32 Å². The van der Waals surface area contributed by atoms with Crippen molar-refractivity contribution in [1.82, 2.24) is 20.1 Å². The molecule has 0 saturated heterocycles. The van der Waals surface area contributed by atoms with Gasteiger partial charge in [-0.2, -0.15) is 18.3 Å². The molecule has 5 nitrogen and oxygen atoms in total. The third-order valence-corrected chi connectivity index (χ3v) is 4.94. The van der Waals surface area contributed by atoms with Gasteiger partial charge in [0.05, 0.1) is 23.4 Å². The molecule has 3 rings (SSSR count). The zero-order chi connectivity index (χ0) is 19.6. The highest BCUT2D eigenvalue weighted by Gasteiger charge is 2.42. The van der Waals surface area contributed by atoms with Crippen LogP contribution in [0.2, 0.25) is 0 Å². The molecule has 2 unspecified atom stereocenters. The Balaban J connectivity index is 1.80. The van der Waals surface area contributed by atoms with E-state index in [-0.39, 0.29) is 24.7 Å². The van der Waals surface area contributed by atoms with Gasteiger partial charge in [0.2, 0.25) is 0 Å². The molecule has 0 aliphatic heterocycles. The van der Waals surface area contributed by atoms with E-state index in [1.807, 2.05) is 19.9 Å². The molecule has 1 N–H and O–H groups in total. The molecular weight excluding hydrogens is 357 g/mol. The van der Waals surface area contributed by atoms with Gasteiger partial charge in [0, 0.05) is 12.2 Å². The molecule has 146 valence electrons. The summed E-state index contributed by atoms with van der Waals surface area (Å²) in [5.41, 5.74) is 1.07. The summed E-state index contributed by atoms with van der Waals surface area (Å²) in [5.74, 6) is -1.15. The number of pyridine rings is 1. The van der Waals surface area contributed by atoms with Crippen molar-refractivity contribution in [3.05, 3.63) is 41.9 Å². The van der Waals surface area contributed by atoms with E-state index >= 15 is 0 Å². The standard InChI is InChI=1S/C19H23F3N4O/c1-12(2)17-15(11-24-26(17)16-8-3-4-9-23-16)18(27)25-14-7-5-6-13(10-14)19(20,21)22/h3-4,8-9,11-14H,5-7,10H2,1-2H3,(H,25,27). The number of halogens is 3. The summed E-state index contributed by atoms with van der Waals surface area (Å²) in [5, 5.41) is 7.07. The van der Waals surface area contributed by atoms with Gasteiger partial charge in [0.15, 0.2) is 5.82 Å². The Bertz CT molecular complexity index is 786. The van der Waals surface area contributed by atoms with Gasteiger partial charge in [-0.15, -0.1) is 0 Å². The summed E-state index contributed by atoms with van der Waals surface area (Å²) >= 11 is 0. The molecule has 27 heavy (non-hydrogen) atoms. The van der Waals surface area contributed by atoms with Crippen molar-refractivity contribution in [3.63, 3.8) is 0 Å². The number of amides is 1. The highest BCUT2D eigenvalue weighted by molar-refractivity contribution is 5.95. The topological polar surface area (TPSA) is 59.8 Å². The second-order valence-electron chi connectivity index (χ2n) is 7.27. The number of carbonyl (C=O) groups is 1. The third-order valence-electron chi connectivity index (χ3n) is 4.94.